The highest BCUT2D eigenvalue weighted by Crippen LogP contribution is 2.28. The first-order valence-electron chi connectivity index (χ1n) is 9.39. The van der Waals surface area contributed by atoms with Gasteiger partial charge in [0.25, 0.3) is 0 Å². The van der Waals surface area contributed by atoms with Crippen LogP contribution in [0.5, 0.6) is 5.75 Å². The van der Waals surface area contributed by atoms with Gasteiger partial charge in [-0.25, -0.2) is 9.59 Å². The SMILES string of the molecule is COC(=O)c1cc2ccccc2cc1OC(=O)Cc1[nH]c(C(C)=O)c(C)c1C(=O)OC. The van der Waals surface area contributed by atoms with E-state index in [1.54, 1.807) is 19.1 Å². The van der Waals surface area contributed by atoms with Crippen molar-refractivity contribution >= 4 is 34.5 Å². The van der Waals surface area contributed by atoms with Gasteiger partial charge in [-0.05, 0) is 35.4 Å². The lowest BCUT2D eigenvalue weighted by atomic mass is 10.1. The number of carbonyl (C=O) groups excluding carboxylic acids is 4. The second kappa shape index (κ2) is 8.83. The van der Waals surface area contributed by atoms with Crippen LogP contribution in [0.15, 0.2) is 36.4 Å². The molecule has 31 heavy (non-hydrogen) atoms. The van der Waals surface area contributed by atoms with Crippen molar-refractivity contribution in [2.75, 3.05) is 14.2 Å². The van der Waals surface area contributed by atoms with Crippen molar-refractivity contribution < 1.29 is 33.4 Å². The van der Waals surface area contributed by atoms with E-state index in [1.165, 1.54) is 21.1 Å². The predicted octanol–water partition coefficient (Wildman–Crippen LogP) is 3.40. The second-order valence-corrected chi connectivity index (χ2v) is 6.86. The van der Waals surface area contributed by atoms with Gasteiger partial charge >= 0.3 is 17.9 Å². The number of H-pyrrole nitrogens is 1. The Labute approximate surface area is 178 Å². The monoisotopic (exact) mass is 423 g/mol. The molecule has 0 saturated heterocycles. The summed E-state index contributed by atoms with van der Waals surface area (Å²) in [4.78, 5) is 51.8. The van der Waals surface area contributed by atoms with Gasteiger partial charge < -0.3 is 19.2 Å². The molecule has 0 amide bonds. The van der Waals surface area contributed by atoms with Crippen molar-refractivity contribution in [3.8, 4) is 5.75 Å². The Kier molecular flexibility index (Phi) is 6.20. The maximum atomic E-state index is 12.7. The molecule has 8 heteroatoms. The van der Waals surface area contributed by atoms with Crippen LogP contribution in [0, 0.1) is 6.92 Å². The van der Waals surface area contributed by atoms with Crippen molar-refractivity contribution in [2.45, 2.75) is 20.3 Å². The molecule has 160 valence electrons. The molecule has 0 unspecified atom stereocenters. The number of hydrogen-bond acceptors (Lipinski definition) is 7. The van der Waals surface area contributed by atoms with Gasteiger partial charge in [-0.15, -0.1) is 0 Å². The van der Waals surface area contributed by atoms with Crippen LogP contribution in [-0.2, 0) is 20.7 Å². The van der Waals surface area contributed by atoms with E-state index in [0.29, 0.717) is 5.56 Å². The molecule has 0 aliphatic carbocycles. The fraction of sp³-hybridized carbons (Fsp3) is 0.217. The number of hydrogen-bond donors (Lipinski definition) is 1. The van der Waals surface area contributed by atoms with E-state index >= 15 is 0 Å². The molecule has 0 bridgehead atoms. The van der Waals surface area contributed by atoms with Crippen molar-refractivity contribution in [1.29, 1.82) is 0 Å². The first-order chi connectivity index (χ1) is 14.8. The third kappa shape index (κ3) is 4.32. The number of ketones is 1. The number of methoxy groups -OCH3 is 2. The Morgan fingerprint density at radius 3 is 2.13 bits per heavy atom. The number of aromatic amines is 1. The van der Waals surface area contributed by atoms with Crippen LogP contribution < -0.4 is 4.74 Å². The van der Waals surface area contributed by atoms with Crippen LogP contribution >= 0.6 is 0 Å². The number of ether oxygens (including phenoxy) is 3. The Morgan fingerprint density at radius 1 is 0.935 bits per heavy atom. The average molecular weight is 423 g/mol. The third-order valence-corrected chi connectivity index (χ3v) is 4.87. The molecule has 0 spiro atoms. The third-order valence-electron chi connectivity index (χ3n) is 4.87. The van der Waals surface area contributed by atoms with Crippen LogP contribution in [0.25, 0.3) is 10.8 Å². The number of rotatable bonds is 6. The summed E-state index contributed by atoms with van der Waals surface area (Å²) in [6.07, 6.45) is -0.341. The Hall–Kier alpha value is -3.94. The zero-order valence-corrected chi connectivity index (χ0v) is 17.5. The minimum absolute atomic E-state index is 0.0326. The fourth-order valence-corrected chi connectivity index (χ4v) is 3.40. The Bertz CT molecular complexity index is 1210. The summed E-state index contributed by atoms with van der Waals surface area (Å²) >= 11 is 0. The van der Waals surface area contributed by atoms with E-state index in [2.05, 4.69) is 4.98 Å². The van der Waals surface area contributed by atoms with Gasteiger partial charge in [-0.3, -0.25) is 9.59 Å². The lowest BCUT2D eigenvalue weighted by molar-refractivity contribution is -0.133. The quantitative estimate of drug-likeness (QED) is 0.367. The van der Waals surface area contributed by atoms with Gasteiger partial charge in [0.2, 0.25) is 0 Å². The minimum Gasteiger partial charge on any atom is -0.465 e. The summed E-state index contributed by atoms with van der Waals surface area (Å²) < 4.78 is 15.0. The van der Waals surface area contributed by atoms with Crippen LogP contribution in [0.1, 0.15) is 49.4 Å². The summed E-state index contributed by atoms with van der Waals surface area (Å²) in [7, 11) is 2.44. The Morgan fingerprint density at radius 2 is 1.55 bits per heavy atom. The molecule has 0 fully saturated rings. The maximum Gasteiger partial charge on any atom is 0.341 e. The van der Waals surface area contributed by atoms with Crippen LogP contribution in [-0.4, -0.2) is 42.9 Å². The molecular formula is C23H21NO7. The van der Waals surface area contributed by atoms with Gasteiger partial charge in [-0.2, -0.15) is 0 Å². The van der Waals surface area contributed by atoms with Crippen LogP contribution in [0.2, 0.25) is 0 Å². The standard InChI is InChI=1S/C23H21NO7/c1-12-20(23(28)30-4)17(24-21(12)13(2)25)11-19(26)31-18-10-15-8-6-5-7-14(15)9-16(18)22(27)29-3/h5-10,24H,11H2,1-4H3. The van der Waals surface area contributed by atoms with Crippen molar-refractivity contribution in [3.63, 3.8) is 0 Å². The Balaban J connectivity index is 1.97. The summed E-state index contributed by atoms with van der Waals surface area (Å²) in [5.41, 5.74) is 0.999. The zero-order chi connectivity index (χ0) is 22.7. The highest BCUT2D eigenvalue weighted by Gasteiger charge is 2.25. The molecule has 0 atom stereocenters. The number of nitrogens with one attached hydrogen (secondary N) is 1. The lowest BCUT2D eigenvalue weighted by Gasteiger charge is -2.11. The van der Waals surface area contributed by atoms with E-state index in [-0.39, 0.29) is 40.5 Å². The summed E-state index contributed by atoms with van der Waals surface area (Å²) in [6, 6.07) is 10.4. The lowest BCUT2D eigenvalue weighted by Crippen LogP contribution is -2.16. The van der Waals surface area contributed by atoms with Gasteiger partial charge in [0.05, 0.1) is 31.9 Å². The number of fused-ring (bicyclic) bond motifs is 1. The van der Waals surface area contributed by atoms with Crippen molar-refractivity contribution in [2.24, 2.45) is 0 Å². The van der Waals surface area contributed by atoms with E-state index < -0.39 is 17.9 Å². The topological polar surface area (TPSA) is 112 Å². The molecule has 3 aromatic rings. The molecule has 0 aliphatic rings. The molecule has 2 aromatic carbocycles. The predicted molar refractivity (Wildman–Crippen MR) is 112 cm³/mol. The first kappa shape index (κ1) is 21.8. The normalized spacial score (nSPS) is 10.6. The molecule has 3 rings (SSSR count). The molecule has 8 nitrogen and oxygen atoms in total. The molecule has 1 aromatic heterocycles. The molecular weight excluding hydrogens is 402 g/mol. The van der Waals surface area contributed by atoms with Gasteiger partial charge in [0, 0.05) is 12.6 Å². The van der Waals surface area contributed by atoms with Gasteiger partial charge in [0.1, 0.15) is 11.3 Å². The number of Topliss-reactive ketones (excluding diaryl/α,β-unsaturated/α-hetero) is 1. The smallest absolute Gasteiger partial charge is 0.341 e. The number of esters is 3. The van der Waals surface area contributed by atoms with Crippen molar-refractivity contribution in [1.82, 2.24) is 4.98 Å². The van der Waals surface area contributed by atoms with E-state index in [0.717, 1.165) is 10.8 Å². The molecule has 0 radical (unpaired) electrons. The fourth-order valence-electron chi connectivity index (χ4n) is 3.40. The van der Waals surface area contributed by atoms with Gasteiger partial charge in [-0.1, -0.05) is 24.3 Å². The highest BCUT2D eigenvalue weighted by molar-refractivity contribution is 6.02. The molecule has 0 saturated carbocycles. The van der Waals surface area contributed by atoms with Crippen molar-refractivity contribution in [3.05, 3.63) is 64.5 Å². The largest absolute Gasteiger partial charge is 0.465 e. The number of aromatic nitrogens is 1. The molecule has 0 aliphatic heterocycles. The van der Waals surface area contributed by atoms with E-state index in [4.69, 9.17) is 14.2 Å². The number of carbonyl (C=O) groups is 4. The van der Waals surface area contributed by atoms with E-state index in [9.17, 15) is 19.2 Å². The zero-order valence-electron chi connectivity index (χ0n) is 17.5. The summed E-state index contributed by atoms with van der Waals surface area (Å²) in [5.74, 6) is -2.32. The first-order valence-corrected chi connectivity index (χ1v) is 9.39. The number of benzene rings is 2. The average Bonchev–Trinajstić information content (AvgIpc) is 3.07. The molecule has 1 heterocycles. The molecule has 1 N–H and O–H groups in total. The summed E-state index contributed by atoms with van der Waals surface area (Å²) in [6.45, 7) is 2.94. The van der Waals surface area contributed by atoms with Gasteiger partial charge in [0.15, 0.2) is 5.78 Å². The maximum absolute atomic E-state index is 12.7. The summed E-state index contributed by atoms with van der Waals surface area (Å²) in [5, 5.41) is 1.55. The highest BCUT2D eigenvalue weighted by atomic mass is 16.5. The van der Waals surface area contributed by atoms with Crippen LogP contribution in [0.4, 0.5) is 0 Å². The minimum atomic E-state index is -0.734. The van der Waals surface area contributed by atoms with E-state index in [1.807, 2.05) is 24.3 Å². The van der Waals surface area contributed by atoms with Crippen LogP contribution in [0.3, 0.4) is 0 Å². The second-order valence-electron chi connectivity index (χ2n) is 6.86.